The number of halogens is 1. The Hall–Kier alpha value is -2.73. The Balaban J connectivity index is 2.11. The van der Waals surface area contributed by atoms with Gasteiger partial charge in [0.15, 0.2) is 0 Å². The van der Waals surface area contributed by atoms with Gasteiger partial charge in [-0.25, -0.2) is 4.99 Å². The van der Waals surface area contributed by atoms with Gasteiger partial charge in [-0.1, -0.05) is 23.7 Å². The molecular formula is C15H10ClN3O3. The number of hydrogen-bond acceptors (Lipinski definition) is 4. The minimum absolute atomic E-state index is 0.0749. The number of anilines is 1. The van der Waals surface area contributed by atoms with Gasteiger partial charge in [-0.2, -0.15) is 0 Å². The number of carbonyl (C=O) groups excluding carboxylic acids is 1. The Morgan fingerprint density at radius 1 is 1.18 bits per heavy atom. The van der Waals surface area contributed by atoms with E-state index in [-0.39, 0.29) is 18.0 Å². The van der Waals surface area contributed by atoms with Gasteiger partial charge < -0.3 is 5.32 Å². The molecule has 0 radical (unpaired) electrons. The van der Waals surface area contributed by atoms with Crippen LogP contribution in [0.1, 0.15) is 12.0 Å². The first-order valence-corrected chi connectivity index (χ1v) is 6.82. The van der Waals surface area contributed by atoms with Crippen molar-refractivity contribution >= 4 is 40.3 Å². The number of nitrogens with one attached hydrogen (secondary N) is 1. The van der Waals surface area contributed by atoms with Crippen molar-refractivity contribution in [3.05, 3.63) is 63.2 Å². The number of amides is 1. The van der Waals surface area contributed by atoms with Crippen molar-refractivity contribution < 1.29 is 9.72 Å². The number of aliphatic imine (C=N–C) groups is 1. The average Bonchev–Trinajstić information content (AvgIpc) is 2.65. The van der Waals surface area contributed by atoms with Crippen LogP contribution < -0.4 is 5.32 Å². The van der Waals surface area contributed by atoms with Crippen LogP contribution in [0.25, 0.3) is 0 Å². The zero-order valence-electron chi connectivity index (χ0n) is 11.2. The van der Waals surface area contributed by atoms with Gasteiger partial charge in [0.2, 0.25) is 5.91 Å². The molecule has 0 aromatic heterocycles. The first-order chi connectivity index (χ1) is 10.5. The maximum atomic E-state index is 12.0. The summed E-state index contributed by atoms with van der Waals surface area (Å²) < 4.78 is 0. The van der Waals surface area contributed by atoms with E-state index >= 15 is 0 Å². The predicted molar refractivity (Wildman–Crippen MR) is 84.0 cm³/mol. The minimum Gasteiger partial charge on any atom is -0.324 e. The third-order valence-electron chi connectivity index (χ3n) is 3.23. The van der Waals surface area contributed by atoms with Crippen LogP contribution in [-0.4, -0.2) is 16.5 Å². The first kappa shape index (κ1) is 14.2. The largest absolute Gasteiger partial charge is 0.324 e. The van der Waals surface area contributed by atoms with Crippen LogP contribution in [0.5, 0.6) is 0 Å². The highest BCUT2D eigenvalue weighted by Gasteiger charge is 2.19. The molecule has 6 nitrogen and oxygen atoms in total. The van der Waals surface area contributed by atoms with Gasteiger partial charge >= 0.3 is 0 Å². The Labute approximate surface area is 130 Å². The Morgan fingerprint density at radius 3 is 2.59 bits per heavy atom. The molecule has 2 aromatic carbocycles. The zero-order chi connectivity index (χ0) is 15.7. The summed E-state index contributed by atoms with van der Waals surface area (Å²) in [7, 11) is 0. The van der Waals surface area contributed by atoms with E-state index in [9.17, 15) is 14.9 Å². The number of nitrogens with zero attached hydrogens (tertiary/aromatic N) is 2. The van der Waals surface area contributed by atoms with E-state index in [1.807, 2.05) is 0 Å². The van der Waals surface area contributed by atoms with Crippen LogP contribution in [0.15, 0.2) is 47.5 Å². The summed E-state index contributed by atoms with van der Waals surface area (Å²) in [6, 6.07) is 11.1. The normalized spacial score (nSPS) is 13.7. The van der Waals surface area contributed by atoms with Gasteiger partial charge in [0.05, 0.1) is 28.4 Å². The van der Waals surface area contributed by atoms with Crippen LogP contribution in [0.3, 0.4) is 0 Å². The summed E-state index contributed by atoms with van der Waals surface area (Å²) in [5, 5.41) is 14.2. The summed E-state index contributed by atoms with van der Waals surface area (Å²) in [6.45, 7) is 0. The van der Waals surface area contributed by atoms with E-state index < -0.39 is 4.92 Å². The zero-order valence-corrected chi connectivity index (χ0v) is 12.0. The standard InChI is InChI=1S/C15H10ClN3O3/c16-10-3-1-9(2-4-10)13-8-15(20)18-12-6-5-11(19(21)22)7-14(12)17-13/h1-7H,8H2,(H,18,20). The lowest BCUT2D eigenvalue weighted by atomic mass is 10.1. The van der Waals surface area contributed by atoms with E-state index in [1.165, 1.54) is 18.2 Å². The molecule has 0 fully saturated rings. The van der Waals surface area contributed by atoms with Crippen LogP contribution in [0, 0.1) is 10.1 Å². The topological polar surface area (TPSA) is 84.6 Å². The second-order valence-corrected chi connectivity index (χ2v) is 5.19. The van der Waals surface area contributed by atoms with Crippen molar-refractivity contribution in [1.82, 2.24) is 0 Å². The van der Waals surface area contributed by atoms with Crippen molar-refractivity contribution in [1.29, 1.82) is 0 Å². The number of non-ortho nitro benzene ring substituents is 1. The average molecular weight is 316 g/mol. The Kier molecular flexibility index (Phi) is 3.60. The number of rotatable bonds is 2. The molecule has 0 saturated heterocycles. The smallest absolute Gasteiger partial charge is 0.271 e. The molecule has 0 bridgehead atoms. The van der Waals surface area contributed by atoms with Gasteiger partial charge in [0.1, 0.15) is 0 Å². The van der Waals surface area contributed by atoms with Crippen LogP contribution in [0.4, 0.5) is 17.1 Å². The van der Waals surface area contributed by atoms with Gasteiger partial charge in [-0.3, -0.25) is 14.9 Å². The van der Waals surface area contributed by atoms with Gasteiger partial charge in [-0.05, 0) is 23.8 Å². The number of carbonyl (C=O) groups is 1. The molecule has 7 heteroatoms. The summed E-state index contributed by atoms with van der Waals surface area (Å²) in [5.41, 5.74) is 2.03. The quantitative estimate of drug-likeness (QED) is 0.677. The third kappa shape index (κ3) is 2.82. The number of nitro groups is 1. The molecule has 0 atom stereocenters. The SMILES string of the molecule is O=C1CC(c2ccc(Cl)cc2)=Nc2cc([N+](=O)[O-])ccc2N1. The second kappa shape index (κ2) is 5.57. The number of hydrogen-bond donors (Lipinski definition) is 1. The maximum absolute atomic E-state index is 12.0. The summed E-state index contributed by atoms with van der Waals surface area (Å²) in [6.07, 6.45) is 0.0874. The minimum atomic E-state index is -0.496. The van der Waals surface area contributed by atoms with E-state index in [4.69, 9.17) is 11.6 Å². The van der Waals surface area contributed by atoms with Crippen LogP contribution in [-0.2, 0) is 4.79 Å². The molecule has 1 N–H and O–H groups in total. The van der Waals surface area contributed by atoms with Gasteiger partial charge in [0.25, 0.3) is 5.69 Å². The molecule has 1 aliphatic rings. The third-order valence-corrected chi connectivity index (χ3v) is 3.48. The van der Waals surface area contributed by atoms with Crippen molar-refractivity contribution in [3.8, 4) is 0 Å². The molecule has 2 aromatic rings. The number of fused-ring (bicyclic) bond motifs is 1. The van der Waals surface area contributed by atoms with E-state index in [0.29, 0.717) is 22.1 Å². The van der Waals surface area contributed by atoms with Crippen molar-refractivity contribution in [3.63, 3.8) is 0 Å². The fraction of sp³-hybridized carbons (Fsp3) is 0.0667. The molecule has 0 saturated carbocycles. The molecule has 110 valence electrons. The monoisotopic (exact) mass is 315 g/mol. The highest BCUT2D eigenvalue weighted by molar-refractivity contribution is 6.30. The lowest BCUT2D eigenvalue weighted by Gasteiger charge is -2.03. The summed E-state index contributed by atoms with van der Waals surface area (Å²) in [4.78, 5) is 26.8. The molecule has 0 spiro atoms. The van der Waals surface area contributed by atoms with Crippen molar-refractivity contribution in [2.24, 2.45) is 4.99 Å². The molecule has 22 heavy (non-hydrogen) atoms. The highest BCUT2D eigenvalue weighted by atomic mass is 35.5. The molecule has 0 aliphatic carbocycles. The number of benzene rings is 2. The van der Waals surface area contributed by atoms with Crippen molar-refractivity contribution in [2.75, 3.05) is 5.32 Å². The highest BCUT2D eigenvalue weighted by Crippen LogP contribution is 2.32. The van der Waals surface area contributed by atoms with E-state index in [0.717, 1.165) is 5.56 Å². The lowest BCUT2D eigenvalue weighted by molar-refractivity contribution is -0.384. The molecular weight excluding hydrogens is 306 g/mol. The Bertz CT molecular complexity index is 800. The van der Waals surface area contributed by atoms with Gasteiger partial charge in [-0.15, -0.1) is 0 Å². The van der Waals surface area contributed by atoms with E-state index in [1.54, 1.807) is 24.3 Å². The predicted octanol–water partition coefficient (Wildman–Crippen LogP) is 3.71. The molecule has 3 rings (SSSR count). The second-order valence-electron chi connectivity index (χ2n) is 4.75. The van der Waals surface area contributed by atoms with Gasteiger partial charge in [0, 0.05) is 17.2 Å². The summed E-state index contributed by atoms with van der Waals surface area (Å²) >= 11 is 5.85. The Morgan fingerprint density at radius 2 is 1.91 bits per heavy atom. The first-order valence-electron chi connectivity index (χ1n) is 6.45. The van der Waals surface area contributed by atoms with Crippen LogP contribution >= 0.6 is 11.6 Å². The molecule has 0 unspecified atom stereocenters. The van der Waals surface area contributed by atoms with Crippen LogP contribution in [0.2, 0.25) is 5.02 Å². The fourth-order valence-corrected chi connectivity index (χ4v) is 2.30. The summed E-state index contributed by atoms with van der Waals surface area (Å²) in [5.74, 6) is -0.221. The number of nitro benzene ring substituents is 1. The molecule has 1 amide bonds. The molecule has 1 heterocycles. The van der Waals surface area contributed by atoms with E-state index in [2.05, 4.69) is 10.3 Å². The lowest BCUT2D eigenvalue weighted by Crippen LogP contribution is -2.14. The molecule has 1 aliphatic heterocycles. The fourth-order valence-electron chi connectivity index (χ4n) is 2.17. The maximum Gasteiger partial charge on any atom is 0.271 e. The van der Waals surface area contributed by atoms with Crippen molar-refractivity contribution in [2.45, 2.75) is 6.42 Å².